The van der Waals surface area contributed by atoms with E-state index in [4.69, 9.17) is 0 Å². The fourth-order valence-electron chi connectivity index (χ4n) is 7.25. The van der Waals surface area contributed by atoms with Crippen molar-refractivity contribution in [2.45, 2.75) is 58.4 Å². The summed E-state index contributed by atoms with van der Waals surface area (Å²) in [4.78, 5) is 2.52. The van der Waals surface area contributed by atoms with Crippen LogP contribution in [0.5, 0.6) is 0 Å². The topological polar surface area (TPSA) is 3.24 Å². The first kappa shape index (κ1) is 15.0. The summed E-state index contributed by atoms with van der Waals surface area (Å²) in [6.45, 7) is 5.19. The average molecular weight is 300 g/mol. The van der Waals surface area contributed by atoms with E-state index < -0.39 is 0 Å². The Hall–Kier alpha value is -0.560. The molecule has 1 heteroatoms. The first-order chi connectivity index (χ1) is 10.5. The second-order valence-corrected chi connectivity index (χ2v) is 9.27. The summed E-state index contributed by atoms with van der Waals surface area (Å²) in [6, 6.07) is 0.811. The molecule has 0 saturated heterocycles. The monoisotopic (exact) mass is 299 g/mol. The van der Waals surface area contributed by atoms with Crippen LogP contribution < -0.4 is 0 Å². The van der Waals surface area contributed by atoms with Crippen LogP contribution in [-0.4, -0.2) is 25.0 Å². The van der Waals surface area contributed by atoms with Crippen molar-refractivity contribution in [2.75, 3.05) is 14.1 Å². The molecule has 122 valence electrons. The lowest BCUT2D eigenvalue weighted by Crippen LogP contribution is -2.53. The van der Waals surface area contributed by atoms with Crippen LogP contribution in [-0.2, 0) is 0 Å². The van der Waals surface area contributed by atoms with E-state index in [0.29, 0.717) is 10.8 Å². The third-order valence-electron chi connectivity index (χ3n) is 8.33. The van der Waals surface area contributed by atoms with Crippen molar-refractivity contribution in [3.8, 4) is 0 Å². The van der Waals surface area contributed by atoms with Gasteiger partial charge in [0.05, 0.1) is 0 Å². The van der Waals surface area contributed by atoms with Gasteiger partial charge in [0.15, 0.2) is 0 Å². The molecule has 7 atom stereocenters. The minimum Gasteiger partial charge on any atom is -0.306 e. The standard InChI is InChI=1S/C21H33N/c1-20-13-6-5-7-15(20)8-9-16-17-10-11-19(22(3)4)21(17,2)14-12-18(16)20/h5-7,13,15-19H,8-12,14H2,1-4H3/t15?,16-,17-,18+,19?,20-,21-/m0/s1. The molecule has 3 fully saturated rings. The minimum atomic E-state index is 0.440. The number of nitrogens with zero attached hydrogens (tertiary/aromatic N) is 1. The van der Waals surface area contributed by atoms with E-state index >= 15 is 0 Å². The lowest BCUT2D eigenvalue weighted by Gasteiger charge is -2.58. The van der Waals surface area contributed by atoms with Crippen molar-refractivity contribution in [3.63, 3.8) is 0 Å². The molecule has 0 spiro atoms. The predicted octanol–water partition coefficient (Wildman–Crippen LogP) is 4.90. The molecule has 4 rings (SSSR count). The number of hydrogen-bond acceptors (Lipinski definition) is 1. The molecule has 4 aliphatic rings. The Morgan fingerprint density at radius 3 is 2.50 bits per heavy atom. The summed E-state index contributed by atoms with van der Waals surface area (Å²) >= 11 is 0. The summed E-state index contributed by atoms with van der Waals surface area (Å²) < 4.78 is 0. The van der Waals surface area contributed by atoms with Gasteiger partial charge in [0.2, 0.25) is 0 Å². The number of hydrogen-bond donors (Lipinski definition) is 0. The highest BCUT2D eigenvalue weighted by Gasteiger charge is 2.59. The zero-order chi connectivity index (χ0) is 15.5. The fourth-order valence-corrected chi connectivity index (χ4v) is 7.25. The molecule has 0 aromatic rings. The van der Waals surface area contributed by atoms with Crippen LogP contribution >= 0.6 is 0 Å². The van der Waals surface area contributed by atoms with Crippen LogP contribution in [0.15, 0.2) is 24.3 Å². The number of rotatable bonds is 1. The molecular weight excluding hydrogens is 266 g/mol. The van der Waals surface area contributed by atoms with E-state index in [1.165, 1.54) is 38.5 Å². The van der Waals surface area contributed by atoms with Crippen LogP contribution in [0.25, 0.3) is 0 Å². The third kappa shape index (κ3) is 1.87. The SMILES string of the molecule is CN(C)C1CC[C@H]2[C@@H]3CCC4C=CC=C[C@]4(C)[C@@H]3CC[C@]12C. The number of fused-ring (bicyclic) bond motifs is 5. The van der Waals surface area contributed by atoms with Crippen LogP contribution in [0, 0.1) is 34.5 Å². The molecule has 0 aromatic heterocycles. The maximum atomic E-state index is 2.62. The molecule has 2 unspecified atom stereocenters. The summed E-state index contributed by atoms with van der Waals surface area (Å²) in [7, 11) is 4.61. The minimum absolute atomic E-state index is 0.440. The lowest BCUT2D eigenvalue weighted by atomic mass is 9.47. The molecule has 0 aromatic carbocycles. The molecule has 0 amide bonds. The summed E-state index contributed by atoms with van der Waals surface area (Å²) in [5.41, 5.74) is 1.01. The summed E-state index contributed by atoms with van der Waals surface area (Å²) in [6.07, 6.45) is 18.4. The van der Waals surface area contributed by atoms with E-state index in [2.05, 4.69) is 57.1 Å². The van der Waals surface area contributed by atoms with Gasteiger partial charge in [0.1, 0.15) is 0 Å². The zero-order valence-corrected chi connectivity index (χ0v) is 14.9. The highest BCUT2D eigenvalue weighted by atomic mass is 15.1. The highest BCUT2D eigenvalue weighted by molar-refractivity contribution is 5.24. The van der Waals surface area contributed by atoms with E-state index in [-0.39, 0.29) is 0 Å². The molecule has 0 heterocycles. The molecule has 0 bridgehead atoms. The molecule has 0 radical (unpaired) electrons. The van der Waals surface area contributed by atoms with Crippen molar-refractivity contribution in [1.82, 2.24) is 4.90 Å². The quantitative estimate of drug-likeness (QED) is 0.665. The van der Waals surface area contributed by atoms with Gasteiger partial charge in [0, 0.05) is 6.04 Å². The first-order valence-corrected chi connectivity index (χ1v) is 9.49. The molecule has 1 nitrogen and oxygen atoms in total. The van der Waals surface area contributed by atoms with Gasteiger partial charge in [-0.3, -0.25) is 0 Å². The van der Waals surface area contributed by atoms with Crippen LogP contribution in [0.2, 0.25) is 0 Å². The first-order valence-electron chi connectivity index (χ1n) is 9.49. The van der Waals surface area contributed by atoms with Gasteiger partial charge in [-0.1, -0.05) is 38.2 Å². The second-order valence-electron chi connectivity index (χ2n) is 9.27. The van der Waals surface area contributed by atoms with Crippen molar-refractivity contribution in [3.05, 3.63) is 24.3 Å². The highest BCUT2D eigenvalue weighted by Crippen LogP contribution is 2.65. The fraction of sp³-hybridized carbons (Fsp3) is 0.810. The Morgan fingerprint density at radius 1 is 0.909 bits per heavy atom. The van der Waals surface area contributed by atoms with E-state index in [0.717, 1.165) is 29.7 Å². The maximum Gasteiger partial charge on any atom is 0.0146 e. The van der Waals surface area contributed by atoms with Gasteiger partial charge in [-0.05, 0) is 87.1 Å². The molecule has 4 aliphatic carbocycles. The predicted molar refractivity (Wildman–Crippen MR) is 93.6 cm³/mol. The van der Waals surface area contributed by atoms with Gasteiger partial charge in [-0.15, -0.1) is 0 Å². The van der Waals surface area contributed by atoms with Crippen molar-refractivity contribution in [2.24, 2.45) is 34.5 Å². The van der Waals surface area contributed by atoms with E-state index in [1.807, 2.05) is 0 Å². The van der Waals surface area contributed by atoms with Gasteiger partial charge in [-0.2, -0.15) is 0 Å². The average Bonchev–Trinajstić information content (AvgIpc) is 2.84. The Balaban J connectivity index is 1.65. The van der Waals surface area contributed by atoms with Crippen LogP contribution in [0.4, 0.5) is 0 Å². The Morgan fingerprint density at radius 2 is 1.73 bits per heavy atom. The summed E-state index contributed by atoms with van der Waals surface area (Å²) in [5.74, 6) is 3.66. The third-order valence-corrected chi connectivity index (χ3v) is 8.33. The Labute approximate surface area is 136 Å². The van der Waals surface area contributed by atoms with Gasteiger partial charge >= 0.3 is 0 Å². The van der Waals surface area contributed by atoms with Gasteiger partial charge in [-0.25, -0.2) is 0 Å². The van der Waals surface area contributed by atoms with Crippen LogP contribution in [0.3, 0.4) is 0 Å². The molecule has 0 aliphatic heterocycles. The summed E-state index contributed by atoms with van der Waals surface area (Å²) in [5, 5.41) is 0. The largest absolute Gasteiger partial charge is 0.306 e. The smallest absolute Gasteiger partial charge is 0.0146 e. The molecule has 0 N–H and O–H groups in total. The lowest BCUT2D eigenvalue weighted by molar-refractivity contribution is -0.0700. The zero-order valence-electron chi connectivity index (χ0n) is 14.9. The van der Waals surface area contributed by atoms with E-state index in [1.54, 1.807) is 0 Å². The Kier molecular flexibility index (Phi) is 3.39. The molecular formula is C21H33N. The Bertz CT molecular complexity index is 504. The van der Waals surface area contributed by atoms with E-state index in [9.17, 15) is 0 Å². The number of allylic oxidation sites excluding steroid dienone is 4. The normalized spacial score (nSPS) is 53.2. The van der Waals surface area contributed by atoms with Gasteiger partial charge in [0.25, 0.3) is 0 Å². The molecule has 3 saturated carbocycles. The molecule has 22 heavy (non-hydrogen) atoms. The second kappa shape index (κ2) is 4.97. The maximum absolute atomic E-state index is 2.62. The van der Waals surface area contributed by atoms with Gasteiger partial charge < -0.3 is 4.90 Å². The van der Waals surface area contributed by atoms with Crippen LogP contribution in [0.1, 0.15) is 52.4 Å². The van der Waals surface area contributed by atoms with Crippen molar-refractivity contribution in [1.29, 1.82) is 0 Å². The van der Waals surface area contributed by atoms with Crippen molar-refractivity contribution < 1.29 is 0 Å². The van der Waals surface area contributed by atoms with Crippen molar-refractivity contribution >= 4 is 0 Å².